The van der Waals surface area contributed by atoms with Gasteiger partial charge >= 0.3 is 12.2 Å². The van der Waals surface area contributed by atoms with Gasteiger partial charge in [-0.05, 0) is 60.9 Å². The lowest BCUT2D eigenvalue weighted by Crippen LogP contribution is -2.38. The zero-order valence-corrected chi connectivity index (χ0v) is 21.7. The third-order valence-corrected chi connectivity index (χ3v) is 7.89. The van der Waals surface area contributed by atoms with Gasteiger partial charge in [0.1, 0.15) is 16.6 Å². The van der Waals surface area contributed by atoms with Crippen molar-refractivity contribution in [2.75, 3.05) is 16.8 Å². The Labute approximate surface area is 229 Å². The van der Waals surface area contributed by atoms with Crippen molar-refractivity contribution in [3.63, 3.8) is 0 Å². The van der Waals surface area contributed by atoms with Crippen LogP contribution in [0.3, 0.4) is 0 Å². The van der Waals surface area contributed by atoms with Crippen molar-refractivity contribution in [3.8, 4) is 27.3 Å². The average molecular weight is 563 g/mol. The number of anilines is 2. The molecule has 2 N–H and O–H groups in total. The molecule has 0 bridgehead atoms. The lowest BCUT2D eigenvalue weighted by atomic mass is 10.00. The number of halogens is 1. The van der Waals surface area contributed by atoms with E-state index in [9.17, 15) is 19.1 Å². The third kappa shape index (κ3) is 5.24. The van der Waals surface area contributed by atoms with E-state index in [4.69, 9.17) is 9.47 Å². The fraction of sp³-hybridized carbons (Fsp3) is 0.111. The lowest BCUT2D eigenvalue weighted by Gasteiger charge is -2.29. The first-order valence-corrected chi connectivity index (χ1v) is 13.5. The number of carbonyl (C=O) groups excluding carboxylic acids is 1. The van der Waals surface area contributed by atoms with Crippen LogP contribution in [-0.2, 0) is 6.42 Å². The number of para-hydroxylation sites is 1. The first kappa shape index (κ1) is 24.8. The van der Waals surface area contributed by atoms with Crippen LogP contribution < -0.4 is 19.7 Å². The van der Waals surface area contributed by atoms with Crippen molar-refractivity contribution in [3.05, 3.63) is 78.1 Å². The zero-order chi connectivity index (χ0) is 26.9. The van der Waals surface area contributed by atoms with Crippen LogP contribution in [0.2, 0.25) is 0 Å². The number of fused-ring (bicyclic) bond motifs is 2. The van der Waals surface area contributed by atoms with E-state index in [1.807, 2.05) is 42.5 Å². The maximum atomic E-state index is 13.3. The molecule has 12 heteroatoms. The largest absolute Gasteiger partial charge is 0.512 e. The first-order valence-electron chi connectivity index (χ1n) is 11.9. The van der Waals surface area contributed by atoms with Gasteiger partial charge in [0, 0.05) is 17.8 Å². The molecule has 9 nitrogen and oxygen atoms in total. The quantitative estimate of drug-likeness (QED) is 0.215. The summed E-state index contributed by atoms with van der Waals surface area (Å²) in [5, 5.41) is 13.1. The molecule has 2 amide bonds. The Hall–Kier alpha value is -4.55. The molecule has 196 valence electrons. The van der Waals surface area contributed by atoms with Crippen LogP contribution in [0.15, 0.2) is 66.7 Å². The molecule has 5 aromatic rings. The van der Waals surface area contributed by atoms with Gasteiger partial charge in [0.25, 0.3) is 5.88 Å². The molecule has 0 unspecified atom stereocenters. The van der Waals surface area contributed by atoms with E-state index in [-0.39, 0.29) is 17.0 Å². The number of carbonyl (C=O) groups is 2. The van der Waals surface area contributed by atoms with E-state index in [0.29, 0.717) is 28.0 Å². The maximum absolute atomic E-state index is 13.3. The normalized spacial score (nSPS) is 12.7. The van der Waals surface area contributed by atoms with Gasteiger partial charge < -0.3 is 14.6 Å². The summed E-state index contributed by atoms with van der Waals surface area (Å²) in [4.78, 5) is 35.1. The summed E-state index contributed by atoms with van der Waals surface area (Å²) in [6.45, 7) is 0.525. The number of nitrogens with one attached hydrogen (secondary N) is 1. The summed E-state index contributed by atoms with van der Waals surface area (Å²) >= 11 is 2.48. The molecular formula is C27H19FN4O5S2. The number of ether oxygens (including phenoxy) is 2. The van der Waals surface area contributed by atoms with Gasteiger partial charge in [-0.2, -0.15) is 4.98 Å². The Morgan fingerprint density at radius 3 is 2.64 bits per heavy atom. The van der Waals surface area contributed by atoms with E-state index >= 15 is 0 Å². The second-order valence-corrected chi connectivity index (χ2v) is 10.5. The first-order chi connectivity index (χ1) is 18.9. The zero-order valence-electron chi connectivity index (χ0n) is 20.1. The minimum absolute atomic E-state index is 0.0992. The number of aromatic nitrogens is 2. The van der Waals surface area contributed by atoms with Crippen molar-refractivity contribution >= 4 is 55.9 Å². The molecule has 0 spiro atoms. The number of amides is 2. The summed E-state index contributed by atoms with van der Waals surface area (Å²) in [7, 11) is 0. The number of nitrogens with zero attached hydrogens (tertiary/aromatic N) is 3. The van der Waals surface area contributed by atoms with Crippen LogP contribution in [0.4, 0.5) is 24.8 Å². The summed E-state index contributed by atoms with van der Waals surface area (Å²) < 4.78 is 24.9. The smallest absolute Gasteiger partial charge is 0.449 e. The molecule has 6 rings (SSSR count). The number of carboxylic acid groups (broad SMARTS) is 1. The molecule has 0 saturated heterocycles. The Morgan fingerprint density at radius 2 is 1.85 bits per heavy atom. The van der Waals surface area contributed by atoms with Crippen LogP contribution >= 0.6 is 22.7 Å². The molecule has 2 aromatic heterocycles. The fourth-order valence-electron chi connectivity index (χ4n) is 4.24. The second-order valence-electron chi connectivity index (χ2n) is 8.55. The van der Waals surface area contributed by atoms with Gasteiger partial charge in [-0.1, -0.05) is 46.9 Å². The number of hydrogen-bond acceptors (Lipinski definition) is 8. The minimum Gasteiger partial charge on any atom is -0.449 e. The van der Waals surface area contributed by atoms with Gasteiger partial charge in [-0.15, -0.1) is 0 Å². The maximum Gasteiger partial charge on any atom is 0.512 e. The SMILES string of the molecule is O=C(O)Oc1nc(-c2ccc3c(c2)N(C(=O)Nc2nc4ccccc4s2)CCC3)sc1Oc1ccc(F)cc1. The molecule has 0 radical (unpaired) electrons. The van der Waals surface area contributed by atoms with Gasteiger partial charge in [-0.25, -0.2) is 19.0 Å². The predicted molar refractivity (Wildman–Crippen MR) is 147 cm³/mol. The Kier molecular flexibility index (Phi) is 6.55. The lowest BCUT2D eigenvalue weighted by molar-refractivity contribution is 0.141. The van der Waals surface area contributed by atoms with Crippen LogP contribution in [0.25, 0.3) is 20.8 Å². The summed E-state index contributed by atoms with van der Waals surface area (Å²) in [6.07, 6.45) is 0.0762. The Balaban J connectivity index is 1.29. The molecule has 1 aliphatic heterocycles. The van der Waals surface area contributed by atoms with Crippen molar-refractivity contribution in [1.29, 1.82) is 0 Å². The van der Waals surface area contributed by atoms with Crippen molar-refractivity contribution < 1.29 is 28.6 Å². The summed E-state index contributed by atoms with van der Waals surface area (Å²) in [5.41, 5.74) is 3.21. The summed E-state index contributed by atoms with van der Waals surface area (Å²) in [6, 6.07) is 18.3. The number of benzene rings is 3. The van der Waals surface area contributed by atoms with E-state index in [0.717, 1.165) is 45.6 Å². The molecular weight excluding hydrogens is 543 g/mol. The van der Waals surface area contributed by atoms with Crippen molar-refractivity contribution in [2.24, 2.45) is 0 Å². The number of rotatable bonds is 5. The molecule has 0 aliphatic carbocycles. The van der Waals surface area contributed by atoms with Gasteiger partial charge in [0.05, 0.1) is 10.2 Å². The predicted octanol–water partition coefficient (Wildman–Crippen LogP) is 7.39. The van der Waals surface area contributed by atoms with Crippen LogP contribution in [0.5, 0.6) is 16.7 Å². The topological polar surface area (TPSA) is 114 Å². The van der Waals surface area contributed by atoms with Crippen LogP contribution in [0.1, 0.15) is 12.0 Å². The summed E-state index contributed by atoms with van der Waals surface area (Å²) in [5.74, 6) is -0.361. The monoisotopic (exact) mass is 562 g/mol. The average Bonchev–Trinajstić information content (AvgIpc) is 3.52. The third-order valence-electron chi connectivity index (χ3n) is 5.98. The number of thiazole rings is 2. The molecule has 3 heterocycles. The standard InChI is InChI=1S/C27H19FN4O5S2/c28-17-9-11-18(12-10-17)36-24-22(37-27(34)35)30-23(39-24)16-8-7-15-4-3-13-32(20(15)14-16)26(33)31-25-29-19-5-1-2-6-21(19)38-25/h1-2,5-12,14H,3-4,13H2,(H,34,35)(H,29,31,33). The highest BCUT2D eigenvalue weighted by Crippen LogP contribution is 2.43. The highest BCUT2D eigenvalue weighted by Gasteiger charge is 2.26. The molecule has 0 saturated carbocycles. The van der Waals surface area contributed by atoms with Gasteiger partial charge in [0.15, 0.2) is 5.13 Å². The highest BCUT2D eigenvalue weighted by atomic mass is 32.1. The minimum atomic E-state index is -1.54. The van der Waals surface area contributed by atoms with E-state index in [1.54, 1.807) is 4.90 Å². The van der Waals surface area contributed by atoms with Gasteiger partial charge in [0.2, 0.25) is 5.06 Å². The van der Waals surface area contributed by atoms with Crippen molar-refractivity contribution in [2.45, 2.75) is 12.8 Å². The second kappa shape index (κ2) is 10.3. The Bertz CT molecular complexity index is 1670. The molecule has 39 heavy (non-hydrogen) atoms. The molecule has 0 fully saturated rings. The highest BCUT2D eigenvalue weighted by molar-refractivity contribution is 7.22. The van der Waals surface area contributed by atoms with Crippen molar-refractivity contribution in [1.82, 2.24) is 9.97 Å². The molecule has 1 aliphatic rings. The Morgan fingerprint density at radius 1 is 1.03 bits per heavy atom. The molecule has 3 aromatic carbocycles. The van der Waals surface area contributed by atoms with E-state index in [2.05, 4.69) is 15.3 Å². The molecule has 0 atom stereocenters. The number of urea groups is 1. The van der Waals surface area contributed by atoms with Crippen LogP contribution in [0, 0.1) is 5.82 Å². The number of aryl methyl sites for hydroxylation is 1. The van der Waals surface area contributed by atoms with Gasteiger partial charge in [-0.3, -0.25) is 10.2 Å². The number of hydrogen-bond donors (Lipinski definition) is 2. The van der Waals surface area contributed by atoms with E-state index < -0.39 is 12.0 Å². The van der Waals surface area contributed by atoms with E-state index in [1.165, 1.54) is 35.6 Å². The van der Waals surface area contributed by atoms with Crippen LogP contribution in [-0.4, -0.2) is 33.8 Å². The fourth-order valence-corrected chi connectivity index (χ4v) is 5.96.